The molecule has 1 heterocycles. The van der Waals surface area contributed by atoms with E-state index in [2.05, 4.69) is 48.0 Å². The third kappa shape index (κ3) is 4.87. The summed E-state index contributed by atoms with van der Waals surface area (Å²) >= 11 is 0. The van der Waals surface area contributed by atoms with Gasteiger partial charge in [0.2, 0.25) is 0 Å². The number of nitrogens with zero attached hydrogens (tertiary/aromatic N) is 1. The van der Waals surface area contributed by atoms with E-state index in [0.29, 0.717) is 29.6 Å². The summed E-state index contributed by atoms with van der Waals surface area (Å²) in [6.45, 7) is 5.70. The molecule has 0 spiro atoms. The first-order chi connectivity index (χ1) is 15.4. The molecule has 1 aromatic heterocycles. The molecule has 0 saturated heterocycles. The largest absolute Gasteiger partial charge is 0.384 e. The summed E-state index contributed by atoms with van der Waals surface area (Å²) in [4.78, 5) is 13.2. The number of carbonyl (C=O) groups is 1. The van der Waals surface area contributed by atoms with Gasteiger partial charge in [0.05, 0.1) is 0 Å². The van der Waals surface area contributed by atoms with E-state index in [1.54, 1.807) is 0 Å². The Labute approximate surface area is 190 Å². The van der Waals surface area contributed by atoms with Crippen LogP contribution in [0.2, 0.25) is 0 Å². The van der Waals surface area contributed by atoms with Gasteiger partial charge < -0.3 is 15.6 Å². The summed E-state index contributed by atoms with van der Waals surface area (Å²) in [5, 5.41) is 12.0. The van der Waals surface area contributed by atoms with Crippen molar-refractivity contribution in [2.75, 3.05) is 6.54 Å². The van der Waals surface area contributed by atoms with Gasteiger partial charge in [-0.1, -0.05) is 69.5 Å². The lowest BCUT2D eigenvalue weighted by Crippen LogP contribution is -2.31. The van der Waals surface area contributed by atoms with Crippen LogP contribution in [-0.4, -0.2) is 22.9 Å². The topological polar surface area (TPSA) is 83.9 Å². The maximum absolute atomic E-state index is 13.2. The summed E-state index contributed by atoms with van der Waals surface area (Å²) in [5.74, 6) is 1.06. The van der Waals surface area contributed by atoms with Crippen LogP contribution in [0.15, 0.2) is 48.5 Å². The summed E-state index contributed by atoms with van der Waals surface area (Å²) in [6, 6.07) is 16.3. The molecule has 1 amide bonds. The van der Waals surface area contributed by atoms with E-state index in [1.807, 2.05) is 24.3 Å². The Morgan fingerprint density at radius 1 is 1.09 bits per heavy atom. The van der Waals surface area contributed by atoms with Crippen molar-refractivity contribution in [3.63, 3.8) is 0 Å². The first-order valence-electron chi connectivity index (χ1n) is 11.8. The van der Waals surface area contributed by atoms with E-state index in [9.17, 15) is 4.79 Å². The van der Waals surface area contributed by atoms with Gasteiger partial charge in [0.15, 0.2) is 0 Å². The maximum atomic E-state index is 13.2. The van der Waals surface area contributed by atoms with Gasteiger partial charge in [-0.2, -0.15) is 0 Å². The van der Waals surface area contributed by atoms with Crippen LogP contribution in [0.25, 0.3) is 10.9 Å². The molecule has 1 fully saturated rings. The molecule has 0 radical (unpaired) electrons. The van der Waals surface area contributed by atoms with Crippen LogP contribution in [0.5, 0.6) is 0 Å². The molecule has 3 aromatic rings. The van der Waals surface area contributed by atoms with Crippen LogP contribution >= 0.6 is 0 Å². The van der Waals surface area contributed by atoms with Gasteiger partial charge in [-0.25, -0.2) is 0 Å². The zero-order valence-corrected chi connectivity index (χ0v) is 19.2. The van der Waals surface area contributed by atoms with Gasteiger partial charge in [0.1, 0.15) is 11.5 Å². The van der Waals surface area contributed by atoms with Crippen molar-refractivity contribution in [1.29, 1.82) is 5.41 Å². The Kier molecular flexibility index (Phi) is 6.63. The average molecular weight is 431 g/mol. The number of nitrogens with one attached hydrogen (secondary N) is 2. The molecule has 0 atom stereocenters. The molecular weight excluding hydrogens is 396 g/mol. The van der Waals surface area contributed by atoms with Gasteiger partial charge in [-0.05, 0) is 47.9 Å². The normalized spacial score (nSPS) is 14.7. The SMILES string of the molecule is CC(C)c1ccc(Cn2c(C(=O)NCC3CCCCC3)cc3ccc(C(=N)N)cc32)cc1. The summed E-state index contributed by atoms with van der Waals surface area (Å²) in [5.41, 5.74) is 10.4. The van der Waals surface area contributed by atoms with Crippen LogP contribution in [0.4, 0.5) is 0 Å². The fraction of sp³-hybridized carbons (Fsp3) is 0.407. The zero-order valence-electron chi connectivity index (χ0n) is 19.2. The lowest BCUT2D eigenvalue weighted by atomic mass is 9.89. The van der Waals surface area contributed by atoms with Crippen molar-refractivity contribution in [2.24, 2.45) is 11.7 Å². The van der Waals surface area contributed by atoms with Gasteiger partial charge >= 0.3 is 0 Å². The minimum atomic E-state index is -0.0325. The van der Waals surface area contributed by atoms with E-state index >= 15 is 0 Å². The number of fused-ring (bicyclic) bond motifs is 1. The second kappa shape index (κ2) is 9.60. The van der Waals surface area contributed by atoms with Crippen LogP contribution in [0.1, 0.15) is 79.0 Å². The fourth-order valence-corrected chi connectivity index (χ4v) is 4.69. The molecule has 0 bridgehead atoms. The number of hydrogen-bond acceptors (Lipinski definition) is 2. The molecule has 1 saturated carbocycles. The van der Waals surface area contributed by atoms with Crippen molar-refractivity contribution < 1.29 is 4.79 Å². The molecule has 4 rings (SSSR count). The van der Waals surface area contributed by atoms with E-state index in [4.69, 9.17) is 11.1 Å². The highest BCUT2D eigenvalue weighted by Gasteiger charge is 2.19. The number of nitrogens with two attached hydrogens (primary N) is 1. The van der Waals surface area contributed by atoms with Gasteiger partial charge in [-0.15, -0.1) is 0 Å². The third-order valence-corrected chi connectivity index (χ3v) is 6.71. The number of carbonyl (C=O) groups excluding carboxylic acids is 1. The van der Waals surface area contributed by atoms with Crippen molar-refractivity contribution in [2.45, 2.75) is 58.4 Å². The van der Waals surface area contributed by atoms with E-state index in [-0.39, 0.29) is 11.7 Å². The number of nitrogen functional groups attached to an aromatic ring is 1. The number of amides is 1. The van der Waals surface area contributed by atoms with Crippen LogP contribution < -0.4 is 11.1 Å². The smallest absolute Gasteiger partial charge is 0.267 e. The van der Waals surface area contributed by atoms with Crippen molar-refractivity contribution in [3.05, 3.63) is 70.9 Å². The molecule has 1 aliphatic rings. The summed E-state index contributed by atoms with van der Waals surface area (Å²) in [6.07, 6.45) is 6.25. The van der Waals surface area contributed by atoms with Crippen molar-refractivity contribution in [3.8, 4) is 0 Å². The van der Waals surface area contributed by atoms with Crippen LogP contribution in [-0.2, 0) is 6.54 Å². The minimum Gasteiger partial charge on any atom is -0.384 e. The minimum absolute atomic E-state index is 0.0317. The highest BCUT2D eigenvalue weighted by atomic mass is 16.1. The monoisotopic (exact) mass is 430 g/mol. The van der Waals surface area contributed by atoms with Crippen molar-refractivity contribution >= 4 is 22.6 Å². The summed E-state index contributed by atoms with van der Waals surface area (Å²) in [7, 11) is 0. The second-order valence-electron chi connectivity index (χ2n) is 9.41. The first-order valence-corrected chi connectivity index (χ1v) is 11.8. The molecule has 0 aliphatic heterocycles. The quantitative estimate of drug-likeness (QED) is 0.346. The fourth-order valence-electron chi connectivity index (χ4n) is 4.69. The van der Waals surface area contributed by atoms with E-state index < -0.39 is 0 Å². The molecule has 1 aliphatic carbocycles. The molecule has 168 valence electrons. The Hall–Kier alpha value is -3.08. The molecule has 2 aromatic carbocycles. The first kappa shape index (κ1) is 22.1. The third-order valence-electron chi connectivity index (χ3n) is 6.71. The Morgan fingerprint density at radius 2 is 1.81 bits per heavy atom. The lowest BCUT2D eigenvalue weighted by molar-refractivity contribution is 0.0935. The Morgan fingerprint density at radius 3 is 2.47 bits per heavy atom. The number of amidine groups is 1. The Bertz CT molecular complexity index is 1100. The van der Waals surface area contributed by atoms with E-state index in [1.165, 1.54) is 37.7 Å². The predicted octanol–water partition coefficient (Wildman–Crippen LogP) is 5.41. The van der Waals surface area contributed by atoms with Gasteiger partial charge in [0.25, 0.3) is 5.91 Å². The molecule has 5 nitrogen and oxygen atoms in total. The highest BCUT2D eigenvalue weighted by molar-refractivity contribution is 6.02. The molecule has 0 unspecified atom stereocenters. The number of hydrogen-bond donors (Lipinski definition) is 3. The molecule has 4 N–H and O–H groups in total. The number of aromatic nitrogens is 1. The van der Waals surface area contributed by atoms with Crippen LogP contribution in [0, 0.1) is 11.3 Å². The second-order valence-corrected chi connectivity index (χ2v) is 9.41. The molecule has 32 heavy (non-hydrogen) atoms. The summed E-state index contributed by atoms with van der Waals surface area (Å²) < 4.78 is 2.06. The number of rotatable bonds is 7. The molecule has 5 heteroatoms. The van der Waals surface area contributed by atoms with Gasteiger partial charge in [-0.3, -0.25) is 10.2 Å². The molecular formula is C27H34N4O. The van der Waals surface area contributed by atoms with Crippen molar-refractivity contribution in [1.82, 2.24) is 9.88 Å². The van der Waals surface area contributed by atoms with Gasteiger partial charge in [0, 0.05) is 29.6 Å². The maximum Gasteiger partial charge on any atom is 0.267 e. The highest BCUT2D eigenvalue weighted by Crippen LogP contribution is 2.25. The number of benzene rings is 2. The predicted molar refractivity (Wildman–Crippen MR) is 131 cm³/mol. The van der Waals surface area contributed by atoms with Crippen LogP contribution in [0.3, 0.4) is 0 Å². The average Bonchev–Trinajstić information content (AvgIpc) is 3.16. The standard InChI is InChI=1S/C27H34N4O/c1-18(2)21-10-8-20(9-11-21)17-31-24-15-23(26(28)29)13-12-22(24)14-25(31)27(32)30-16-19-6-4-3-5-7-19/h8-15,18-19H,3-7,16-17H2,1-2H3,(H3,28,29)(H,30,32). The van der Waals surface area contributed by atoms with E-state index in [0.717, 1.165) is 23.0 Å². The zero-order chi connectivity index (χ0) is 22.7. The Balaban J connectivity index is 1.65. The lowest BCUT2D eigenvalue weighted by Gasteiger charge is -2.22.